The Morgan fingerprint density at radius 1 is 1.25 bits per heavy atom. The summed E-state index contributed by atoms with van der Waals surface area (Å²) in [7, 11) is 1.39. The molecule has 0 heterocycles. The van der Waals surface area contributed by atoms with Gasteiger partial charge in [0.25, 0.3) is 0 Å². The largest absolute Gasteiger partial charge is 0.465 e. The predicted molar refractivity (Wildman–Crippen MR) is 82.9 cm³/mol. The number of benzene rings is 2. The monoisotopic (exact) mass is 287 g/mol. The number of hydrogen-bond acceptors (Lipinski definition) is 4. The number of hydrogen-bond donors (Lipinski definition) is 1. The van der Waals surface area contributed by atoms with E-state index in [0.29, 0.717) is 5.56 Å². The zero-order chi connectivity index (χ0) is 14.5. The van der Waals surface area contributed by atoms with E-state index in [-0.39, 0.29) is 5.97 Å². The minimum absolute atomic E-state index is 0.308. The lowest BCUT2D eigenvalue weighted by atomic mass is 10.1. The molecule has 0 fully saturated rings. The van der Waals surface area contributed by atoms with Crippen molar-refractivity contribution in [3.63, 3.8) is 0 Å². The number of carbonyl (C=O) groups excluding carboxylic acids is 1. The molecule has 0 aliphatic carbocycles. The first-order valence-electron chi connectivity index (χ1n) is 6.26. The molecular weight excluding hydrogens is 270 g/mol. The molecule has 0 aliphatic rings. The van der Waals surface area contributed by atoms with Crippen LogP contribution in [0.5, 0.6) is 0 Å². The Kier molecular flexibility index (Phi) is 4.69. The van der Waals surface area contributed by atoms with Crippen molar-refractivity contribution in [1.82, 2.24) is 0 Å². The molecule has 0 amide bonds. The fourth-order valence-corrected chi connectivity index (χ4v) is 2.86. The zero-order valence-corrected chi connectivity index (χ0v) is 12.4. The normalized spacial score (nSPS) is 10.3. The molecular formula is C16H17NO2S. The van der Waals surface area contributed by atoms with Crippen molar-refractivity contribution in [2.75, 3.05) is 12.8 Å². The molecule has 4 heteroatoms. The Hall–Kier alpha value is -1.94. The molecule has 0 atom stereocenters. The molecule has 0 saturated carbocycles. The molecule has 0 unspecified atom stereocenters. The molecule has 0 radical (unpaired) electrons. The molecule has 2 N–H and O–H groups in total. The van der Waals surface area contributed by atoms with Crippen LogP contribution in [-0.4, -0.2) is 13.1 Å². The summed E-state index contributed by atoms with van der Waals surface area (Å²) in [5.41, 5.74) is 9.43. The van der Waals surface area contributed by atoms with Crippen LogP contribution in [0.1, 0.15) is 21.5 Å². The number of carbonyl (C=O) groups is 1. The van der Waals surface area contributed by atoms with Gasteiger partial charge in [-0.25, -0.2) is 4.79 Å². The summed E-state index contributed by atoms with van der Waals surface area (Å²) in [5, 5.41) is 0. The minimum Gasteiger partial charge on any atom is -0.465 e. The van der Waals surface area contributed by atoms with Crippen LogP contribution >= 0.6 is 11.8 Å². The molecule has 2 rings (SSSR count). The van der Waals surface area contributed by atoms with Crippen LogP contribution < -0.4 is 5.73 Å². The maximum atomic E-state index is 11.5. The predicted octanol–water partition coefficient (Wildman–Crippen LogP) is 3.66. The summed E-state index contributed by atoms with van der Waals surface area (Å²) in [6.07, 6.45) is 0. The fraction of sp³-hybridized carbons (Fsp3) is 0.188. The summed E-state index contributed by atoms with van der Waals surface area (Å²) < 4.78 is 4.73. The number of ether oxygens (including phenoxy) is 1. The van der Waals surface area contributed by atoms with Gasteiger partial charge in [0.05, 0.1) is 12.7 Å². The maximum Gasteiger partial charge on any atom is 0.337 e. The topological polar surface area (TPSA) is 52.3 Å². The molecule has 0 bridgehead atoms. The number of thioether (sulfide) groups is 1. The van der Waals surface area contributed by atoms with Crippen molar-refractivity contribution >= 4 is 23.4 Å². The summed E-state index contributed by atoms with van der Waals surface area (Å²) >= 11 is 1.71. The van der Waals surface area contributed by atoms with Crippen LogP contribution in [0.2, 0.25) is 0 Å². The second-order valence-electron chi connectivity index (χ2n) is 4.51. The quantitative estimate of drug-likeness (QED) is 0.530. The van der Waals surface area contributed by atoms with Gasteiger partial charge >= 0.3 is 5.97 Å². The van der Waals surface area contributed by atoms with E-state index >= 15 is 0 Å². The summed E-state index contributed by atoms with van der Waals surface area (Å²) in [6, 6.07) is 13.4. The number of aryl methyl sites for hydroxylation is 1. The van der Waals surface area contributed by atoms with Gasteiger partial charge in [-0.2, -0.15) is 0 Å². The zero-order valence-electron chi connectivity index (χ0n) is 11.6. The Labute approximate surface area is 123 Å². The van der Waals surface area contributed by atoms with Crippen molar-refractivity contribution < 1.29 is 9.53 Å². The van der Waals surface area contributed by atoms with Crippen LogP contribution in [0.15, 0.2) is 47.4 Å². The summed E-state index contributed by atoms with van der Waals surface area (Å²) in [4.78, 5) is 12.7. The average molecular weight is 287 g/mol. The number of methoxy groups -OCH3 is 1. The molecule has 0 aromatic heterocycles. The van der Waals surface area contributed by atoms with E-state index in [1.165, 1.54) is 12.7 Å². The van der Waals surface area contributed by atoms with Gasteiger partial charge in [0.1, 0.15) is 0 Å². The van der Waals surface area contributed by atoms with Crippen molar-refractivity contribution in [2.45, 2.75) is 17.6 Å². The number of anilines is 1. The fourth-order valence-electron chi connectivity index (χ4n) is 1.84. The Morgan fingerprint density at radius 3 is 2.80 bits per heavy atom. The Morgan fingerprint density at radius 2 is 2.05 bits per heavy atom. The second kappa shape index (κ2) is 6.48. The Balaban J connectivity index is 2.11. The number of nitrogens with two attached hydrogens (primary N) is 1. The molecule has 2 aromatic carbocycles. The van der Waals surface area contributed by atoms with Gasteiger partial charge < -0.3 is 10.5 Å². The second-order valence-corrected chi connectivity index (χ2v) is 5.52. The van der Waals surface area contributed by atoms with Gasteiger partial charge in [0, 0.05) is 16.3 Å². The maximum absolute atomic E-state index is 11.5. The van der Waals surface area contributed by atoms with E-state index in [2.05, 4.69) is 6.92 Å². The first kappa shape index (κ1) is 14.5. The number of rotatable bonds is 4. The smallest absolute Gasteiger partial charge is 0.337 e. The van der Waals surface area contributed by atoms with Gasteiger partial charge in [-0.3, -0.25) is 0 Å². The molecule has 20 heavy (non-hydrogen) atoms. The third-order valence-corrected chi connectivity index (χ3v) is 4.18. The lowest BCUT2D eigenvalue weighted by Crippen LogP contribution is -2.01. The van der Waals surface area contributed by atoms with Gasteiger partial charge in [-0.1, -0.05) is 18.2 Å². The first-order valence-corrected chi connectivity index (χ1v) is 7.25. The van der Waals surface area contributed by atoms with Gasteiger partial charge in [-0.05, 0) is 42.3 Å². The van der Waals surface area contributed by atoms with E-state index in [0.717, 1.165) is 21.9 Å². The highest BCUT2D eigenvalue weighted by atomic mass is 32.2. The van der Waals surface area contributed by atoms with E-state index in [1.807, 2.05) is 36.4 Å². The summed E-state index contributed by atoms with van der Waals surface area (Å²) in [6.45, 7) is 2.06. The minimum atomic E-state index is -0.308. The van der Waals surface area contributed by atoms with Crippen molar-refractivity contribution in [2.24, 2.45) is 0 Å². The highest BCUT2D eigenvalue weighted by molar-refractivity contribution is 7.98. The number of esters is 1. The molecule has 2 aromatic rings. The third-order valence-electron chi connectivity index (χ3n) is 2.95. The van der Waals surface area contributed by atoms with Crippen molar-refractivity contribution in [3.05, 3.63) is 59.2 Å². The SMILES string of the molecule is COC(=O)c1cccc(CSc2cc(N)ccc2C)c1. The highest BCUT2D eigenvalue weighted by Gasteiger charge is 2.06. The molecule has 0 saturated heterocycles. The molecule has 3 nitrogen and oxygen atoms in total. The lowest BCUT2D eigenvalue weighted by Gasteiger charge is -2.07. The van der Waals surface area contributed by atoms with Gasteiger partial charge in [0.15, 0.2) is 0 Å². The van der Waals surface area contributed by atoms with Crippen LogP contribution in [0.25, 0.3) is 0 Å². The van der Waals surface area contributed by atoms with Crippen LogP contribution in [0.4, 0.5) is 5.69 Å². The number of nitrogen functional groups attached to an aromatic ring is 1. The van der Waals surface area contributed by atoms with Gasteiger partial charge in [0.2, 0.25) is 0 Å². The van der Waals surface area contributed by atoms with E-state index in [1.54, 1.807) is 17.8 Å². The van der Waals surface area contributed by atoms with E-state index in [4.69, 9.17) is 10.5 Å². The molecule has 104 valence electrons. The molecule has 0 aliphatic heterocycles. The Bertz CT molecular complexity index is 626. The van der Waals surface area contributed by atoms with Crippen LogP contribution in [-0.2, 0) is 10.5 Å². The first-order chi connectivity index (χ1) is 9.60. The van der Waals surface area contributed by atoms with E-state index in [9.17, 15) is 4.79 Å². The van der Waals surface area contributed by atoms with Crippen molar-refractivity contribution in [3.8, 4) is 0 Å². The lowest BCUT2D eigenvalue weighted by molar-refractivity contribution is 0.0600. The third kappa shape index (κ3) is 3.54. The van der Waals surface area contributed by atoms with Gasteiger partial charge in [-0.15, -0.1) is 11.8 Å². The highest BCUT2D eigenvalue weighted by Crippen LogP contribution is 2.28. The van der Waals surface area contributed by atoms with Crippen molar-refractivity contribution in [1.29, 1.82) is 0 Å². The standard InChI is InChI=1S/C16H17NO2S/c1-11-6-7-14(17)9-15(11)20-10-12-4-3-5-13(8-12)16(18)19-2/h3-9H,10,17H2,1-2H3. The van der Waals surface area contributed by atoms with Crippen LogP contribution in [0, 0.1) is 6.92 Å². The van der Waals surface area contributed by atoms with Crippen LogP contribution in [0.3, 0.4) is 0 Å². The average Bonchev–Trinajstić information content (AvgIpc) is 2.47. The molecule has 0 spiro atoms. The van der Waals surface area contributed by atoms with E-state index < -0.39 is 0 Å². The summed E-state index contributed by atoms with van der Waals surface area (Å²) in [5.74, 6) is 0.478.